The highest BCUT2D eigenvalue weighted by molar-refractivity contribution is 9.10. The number of hydrogen-bond donors (Lipinski definition) is 1. The molecule has 2 nitrogen and oxygen atoms in total. The molecule has 0 aliphatic rings. The highest BCUT2D eigenvalue weighted by Crippen LogP contribution is 2.17. The van der Waals surface area contributed by atoms with E-state index in [0.29, 0.717) is 11.5 Å². The average Bonchev–Trinajstić information content (AvgIpc) is 2.41. The van der Waals surface area contributed by atoms with Gasteiger partial charge in [-0.3, -0.25) is 4.79 Å². The molecule has 0 aliphatic carbocycles. The van der Waals surface area contributed by atoms with Crippen molar-refractivity contribution in [3.05, 3.63) is 64.1 Å². The fraction of sp³-hybridized carbons (Fsp3) is 0.188. The van der Waals surface area contributed by atoms with Gasteiger partial charge in [0.15, 0.2) is 0 Å². The van der Waals surface area contributed by atoms with Gasteiger partial charge in [0.1, 0.15) is 0 Å². The predicted octanol–water partition coefficient (Wildman–Crippen LogP) is 4.82. The second-order valence-corrected chi connectivity index (χ2v) is 5.65. The Balaban J connectivity index is 2.09. The summed E-state index contributed by atoms with van der Waals surface area (Å²) in [7, 11) is 0. The quantitative estimate of drug-likeness (QED) is 0.863. The average molecular weight is 318 g/mol. The SMILES string of the molecule is CC(C)c1ccc(C(=O)Nc2ccc(Br)cc2)cc1. The van der Waals surface area contributed by atoms with Gasteiger partial charge in [-0.2, -0.15) is 0 Å². The highest BCUT2D eigenvalue weighted by Gasteiger charge is 2.06. The summed E-state index contributed by atoms with van der Waals surface area (Å²) in [5, 5.41) is 2.87. The molecule has 0 spiro atoms. The van der Waals surface area contributed by atoms with Gasteiger partial charge in [0, 0.05) is 15.7 Å². The molecule has 1 amide bonds. The lowest BCUT2D eigenvalue weighted by atomic mass is 10.0. The monoisotopic (exact) mass is 317 g/mol. The molecule has 0 unspecified atom stereocenters. The van der Waals surface area contributed by atoms with Gasteiger partial charge in [-0.25, -0.2) is 0 Å². The third kappa shape index (κ3) is 3.67. The predicted molar refractivity (Wildman–Crippen MR) is 82.6 cm³/mol. The zero-order valence-electron chi connectivity index (χ0n) is 11.0. The summed E-state index contributed by atoms with van der Waals surface area (Å²) < 4.78 is 0.992. The molecule has 2 aromatic carbocycles. The van der Waals surface area contributed by atoms with Crippen molar-refractivity contribution in [2.45, 2.75) is 19.8 Å². The molecular formula is C16H16BrNO. The van der Waals surface area contributed by atoms with Crippen molar-refractivity contribution in [2.75, 3.05) is 5.32 Å². The normalized spacial score (nSPS) is 10.5. The van der Waals surface area contributed by atoms with Crippen LogP contribution in [0.1, 0.15) is 35.7 Å². The topological polar surface area (TPSA) is 29.1 Å². The maximum Gasteiger partial charge on any atom is 0.255 e. The van der Waals surface area contributed by atoms with E-state index in [1.807, 2.05) is 48.5 Å². The van der Waals surface area contributed by atoms with Gasteiger partial charge < -0.3 is 5.32 Å². The molecule has 1 N–H and O–H groups in total. The van der Waals surface area contributed by atoms with Crippen LogP contribution in [-0.4, -0.2) is 5.91 Å². The molecule has 0 atom stereocenters. The number of rotatable bonds is 3. The third-order valence-corrected chi connectivity index (χ3v) is 3.47. The molecular weight excluding hydrogens is 302 g/mol. The van der Waals surface area contributed by atoms with Crippen molar-refractivity contribution in [1.29, 1.82) is 0 Å². The Morgan fingerprint density at radius 3 is 2.11 bits per heavy atom. The van der Waals surface area contributed by atoms with Gasteiger partial charge in [0.2, 0.25) is 0 Å². The summed E-state index contributed by atoms with van der Waals surface area (Å²) in [5.41, 5.74) is 2.70. The van der Waals surface area contributed by atoms with E-state index >= 15 is 0 Å². The maximum atomic E-state index is 12.1. The second kappa shape index (κ2) is 6.02. The van der Waals surface area contributed by atoms with E-state index in [-0.39, 0.29) is 5.91 Å². The minimum atomic E-state index is -0.0855. The summed E-state index contributed by atoms with van der Waals surface area (Å²) in [6, 6.07) is 15.3. The van der Waals surface area contributed by atoms with Crippen LogP contribution < -0.4 is 5.32 Å². The Morgan fingerprint density at radius 2 is 1.58 bits per heavy atom. The molecule has 98 valence electrons. The number of nitrogens with one attached hydrogen (secondary N) is 1. The molecule has 19 heavy (non-hydrogen) atoms. The lowest BCUT2D eigenvalue weighted by molar-refractivity contribution is 0.102. The van der Waals surface area contributed by atoms with Gasteiger partial charge in [-0.1, -0.05) is 41.9 Å². The zero-order chi connectivity index (χ0) is 13.8. The van der Waals surface area contributed by atoms with E-state index in [0.717, 1.165) is 10.2 Å². The summed E-state index contributed by atoms with van der Waals surface area (Å²) in [6.07, 6.45) is 0. The van der Waals surface area contributed by atoms with Crippen LogP contribution >= 0.6 is 15.9 Å². The first-order valence-corrected chi connectivity index (χ1v) is 7.02. The molecule has 0 fully saturated rings. The summed E-state index contributed by atoms with van der Waals surface area (Å²) in [6.45, 7) is 4.27. The van der Waals surface area contributed by atoms with Crippen LogP contribution in [0, 0.1) is 0 Å². The van der Waals surface area contributed by atoms with Gasteiger partial charge in [-0.05, 0) is 47.9 Å². The number of carbonyl (C=O) groups excluding carboxylic acids is 1. The van der Waals surface area contributed by atoms with E-state index in [1.54, 1.807) is 0 Å². The minimum absolute atomic E-state index is 0.0855. The number of halogens is 1. The fourth-order valence-corrected chi connectivity index (χ4v) is 2.02. The minimum Gasteiger partial charge on any atom is -0.322 e. The van der Waals surface area contributed by atoms with Gasteiger partial charge in [-0.15, -0.1) is 0 Å². The summed E-state index contributed by atoms with van der Waals surface area (Å²) in [4.78, 5) is 12.1. The van der Waals surface area contributed by atoms with Crippen molar-refractivity contribution in [2.24, 2.45) is 0 Å². The van der Waals surface area contributed by atoms with Gasteiger partial charge in [0.05, 0.1) is 0 Å². The van der Waals surface area contributed by atoms with E-state index < -0.39 is 0 Å². The molecule has 2 rings (SSSR count). The molecule has 2 aromatic rings. The number of amides is 1. The van der Waals surface area contributed by atoms with Crippen molar-refractivity contribution < 1.29 is 4.79 Å². The van der Waals surface area contributed by atoms with Crippen LogP contribution in [0.3, 0.4) is 0 Å². The molecule has 0 aromatic heterocycles. The van der Waals surface area contributed by atoms with Crippen LogP contribution in [0.4, 0.5) is 5.69 Å². The molecule has 0 aliphatic heterocycles. The molecule has 0 radical (unpaired) electrons. The summed E-state index contributed by atoms with van der Waals surface area (Å²) in [5.74, 6) is 0.390. The number of benzene rings is 2. The smallest absolute Gasteiger partial charge is 0.255 e. The van der Waals surface area contributed by atoms with E-state index in [1.165, 1.54) is 5.56 Å². The first-order chi connectivity index (χ1) is 9.06. The molecule has 0 bridgehead atoms. The Hall–Kier alpha value is -1.61. The Morgan fingerprint density at radius 1 is 1.00 bits per heavy atom. The molecule has 0 heterocycles. The van der Waals surface area contributed by atoms with Crippen LogP contribution in [0.5, 0.6) is 0 Å². The maximum absolute atomic E-state index is 12.1. The Bertz CT molecular complexity index is 558. The number of anilines is 1. The molecule has 0 saturated carbocycles. The van der Waals surface area contributed by atoms with E-state index in [9.17, 15) is 4.79 Å². The van der Waals surface area contributed by atoms with Crippen molar-refractivity contribution in [3.63, 3.8) is 0 Å². The number of carbonyl (C=O) groups is 1. The zero-order valence-corrected chi connectivity index (χ0v) is 12.6. The first-order valence-electron chi connectivity index (χ1n) is 6.23. The first kappa shape index (κ1) is 13.8. The van der Waals surface area contributed by atoms with Gasteiger partial charge >= 0.3 is 0 Å². The number of hydrogen-bond acceptors (Lipinski definition) is 1. The van der Waals surface area contributed by atoms with Crippen LogP contribution in [-0.2, 0) is 0 Å². The Labute approximate surface area is 122 Å². The molecule has 3 heteroatoms. The molecule has 0 saturated heterocycles. The lowest BCUT2D eigenvalue weighted by Crippen LogP contribution is -2.11. The van der Waals surface area contributed by atoms with Crippen molar-refractivity contribution in [3.8, 4) is 0 Å². The Kier molecular flexibility index (Phi) is 4.38. The van der Waals surface area contributed by atoms with E-state index in [2.05, 4.69) is 35.1 Å². The lowest BCUT2D eigenvalue weighted by Gasteiger charge is -2.08. The van der Waals surface area contributed by atoms with Crippen LogP contribution in [0.25, 0.3) is 0 Å². The van der Waals surface area contributed by atoms with Crippen LogP contribution in [0.15, 0.2) is 53.0 Å². The third-order valence-electron chi connectivity index (χ3n) is 2.94. The van der Waals surface area contributed by atoms with E-state index in [4.69, 9.17) is 0 Å². The standard InChI is InChI=1S/C16H16BrNO/c1-11(2)12-3-5-13(6-4-12)16(19)18-15-9-7-14(17)8-10-15/h3-11H,1-2H3,(H,18,19). The van der Waals surface area contributed by atoms with Crippen molar-refractivity contribution >= 4 is 27.5 Å². The van der Waals surface area contributed by atoms with Gasteiger partial charge in [0.25, 0.3) is 5.91 Å². The second-order valence-electron chi connectivity index (χ2n) is 4.74. The summed E-state index contributed by atoms with van der Waals surface area (Å²) >= 11 is 3.37. The highest BCUT2D eigenvalue weighted by atomic mass is 79.9. The van der Waals surface area contributed by atoms with Crippen LogP contribution in [0.2, 0.25) is 0 Å². The fourth-order valence-electron chi connectivity index (χ4n) is 1.76. The van der Waals surface area contributed by atoms with Crippen molar-refractivity contribution in [1.82, 2.24) is 0 Å². The largest absolute Gasteiger partial charge is 0.322 e.